The minimum absolute atomic E-state index is 0.0129. The topological polar surface area (TPSA) is 66.5 Å². The van der Waals surface area contributed by atoms with Gasteiger partial charge in [0.25, 0.3) is 15.9 Å². The third kappa shape index (κ3) is 4.76. The fourth-order valence-corrected chi connectivity index (χ4v) is 5.05. The molecule has 0 saturated heterocycles. The summed E-state index contributed by atoms with van der Waals surface area (Å²) < 4.78 is 40.8. The molecule has 1 heterocycles. The summed E-state index contributed by atoms with van der Waals surface area (Å²) in [6, 6.07) is 11.7. The maximum absolute atomic E-state index is 13.1. The summed E-state index contributed by atoms with van der Waals surface area (Å²) in [6.07, 6.45) is 3.12. The Hall–Kier alpha value is -2.45. The molecule has 0 aliphatic carbocycles. The summed E-state index contributed by atoms with van der Waals surface area (Å²) in [5.74, 6) is -0.608. The van der Waals surface area contributed by atoms with E-state index in [9.17, 15) is 17.6 Å². The molecule has 2 aromatic carbocycles. The van der Waals surface area contributed by atoms with Crippen LogP contribution < -0.4 is 9.62 Å². The predicted molar refractivity (Wildman–Crippen MR) is 116 cm³/mol. The summed E-state index contributed by atoms with van der Waals surface area (Å²) in [4.78, 5) is 12.9. The average Bonchev–Trinajstić information content (AvgIpc) is 3.14. The number of sulfonamides is 1. The highest BCUT2D eigenvalue weighted by Gasteiger charge is 2.22. The standard InChI is InChI=1S/C21H23FN2O3S2/c1-3-4-5-12-23-21(25)20-14-15-13-17(8-11-19(15)28-20)24(2)29(26,27)18-9-6-16(22)7-10-18/h6-11,13-14H,3-5,12H2,1-2H3,(H,23,25). The molecule has 0 aliphatic rings. The number of fused-ring (bicyclic) bond motifs is 1. The van der Waals surface area contributed by atoms with E-state index in [2.05, 4.69) is 12.2 Å². The van der Waals surface area contributed by atoms with Crippen LogP contribution in [0.5, 0.6) is 0 Å². The summed E-state index contributed by atoms with van der Waals surface area (Å²) in [5, 5.41) is 3.72. The zero-order valence-electron chi connectivity index (χ0n) is 16.3. The highest BCUT2D eigenvalue weighted by molar-refractivity contribution is 7.92. The lowest BCUT2D eigenvalue weighted by atomic mass is 10.2. The van der Waals surface area contributed by atoms with Crippen LogP contribution in [0.15, 0.2) is 53.4 Å². The molecule has 0 radical (unpaired) electrons. The molecule has 0 unspecified atom stereocenters. The Kier molecular flexibility index (Phi) is 6.54. The number of hydrogen-bond donors (Lipinski definition) is 1. The van der Waals surface area contributed by atoms with Crippen LogP contribution in [0, 0.1) is 5.82 Å². The van der Waals surface area contributed by atoms with E-state index >= 15 is 0 Å². The minimum atomic E-state index is -3.81. The number of rotatable bonds is 8. The normalized spacial score (nSPS) is 11.6. The first-order valence-electron chi connectivity index (χ1n) is 9.39. The molecule has 0 spiro atoms. The van der Waals surface area contributed by atoms with Gasteiger partial charge in [0.05, 0.1) is 15.5 Å². The van der Waals surface area contributed by atoms with E-state index in [-0.39, 0.29) is 10.8 Å². The third-order valence-corrected chi connectivity index (χ3v) is 7.54. The lowest BCUT2D eigenvalue weighted by molar-refractivity contribution is 0.0957. The van der Waals surface area contributed by atoms with Gasteiger partial charge in [-0.1, -0.05) is 19.8 Å². The Morgan fingerprint density at radius 2 is 1.83 bits per heavy atom. The monoisotopic (exact) mass is 434 g/mol. The van der Waals surface area contributed by atoms with Crippen molar-refractivity contribution in [3.05, 3.63) is 59.2 Å². The number of amides is 1. The van der Waals surface area contributed by atoms with Gasteiger partial charge < -0.3 is 5.32 Å². The Balaban J connectivity index is 1.82. The Morgan fingerprint density at radius 3 is 2.52 bits per heavy atom. The molecule has 0 atom stereocenters. The number of nitrogens with zero attached hydrogens (tertiary/aromatic N) is 1. The fourth-order valence-electron chi connectivity index (χ4n) is 2.91. The maximum Gasteiger partial charge on any atom is 0.264 e. The second-order valence-electron chi connectivity index (χ2n) is 6.72. The van der Waals surface area contributed by atoms with Crippen molar-refractivity contribution in [1.29, 1.82) is 0 Å². The lowest BCUT2D eigenvalue weighted by Crippen LogP contribution is -2.26. The molecule has 3 aromatic rings. The predicted octanol–water partition coefficient (Wildman–Crippen LogP) is 4.79. The van der Waals surface area contributed by atoms with E-state index in [4.69, 9.17) is 0 Å². The summed E-state index contributed by atoms with van der Waals surface area (Å²) in [5.41, 5.74) is 0.467. The summed E-state index contributed by atoms with van der Waals surface area (Å²) >= 11 is 1.37. The quantitative estimate of drug-likeness (QED) is 0.519. The Bertz CT molecular complexity index is 1110. The number of anilines is 1. The zero-order chi connectivity index (χ0) is 21.0. The molecule has 0 bridgehead atoms. The maximum atomic E-state index is 13.1. The summed E-state index contributed by atoms with van der Waals surface area (Å²) in [6.45, 7) is 2.75. The number of halogens is 1. The van der Waals surface area contributed by atoms with Gasteiger partial charge in [0.15, 0.2) is 0 Å². The number of unbranched alkanes of at least 4 members (excludes halogenated alkanes) is 2. The number of carbonyl (C=O) groups is 1. The molecule has 1 aromatic heterocycles. The smallest absolute Gasteiger partial charge is 0.264 e. The van der Waals surface area contributed by atoms with Gasteiger partial charge in [0.2, 0.25) is 0 Å². The second-order valence-corrected chi connectivity index (χ2v) is 9.78. The number of thiophene rings is 1. The first-order chi connectivity index (χ1) is 13.8. The van der Waals surface area contributed by atoms with Gasteiger partial charge in [-0.2, -0.15) is 0 Å². The van der Waals surface area contributed by atoms with Gasteiger partial charge >= 0.3 is 0 Å². The molecule has 154 valence electrons. The fraction of sp³-hybridized carbons (Fsp3) is 0.286. The number of benzene rings is 2. The SMILES string of the molecule is CCCCCNC(=O)c1cc2cc(N(C)S(=O)(=O)c3ccc(F)cc3)ccc2s1. The van der Waals surface area contributed by atoms with Crippen molar-refractivity contribution in [1.82, 2.24) is 5.32 Å². The first kappa shape index (κ1) is 21.3. The molecule has 8 heteroatoms. The lowest BCUT2D eigenvalue weighted by Gasteiger charge is -2.19. The van der Waals surface area contributed by atoms with Crippen LogP contribution in [0.1, 0.15) is 35.9 Å². The van der Waals surface area contributed by atoms with Gasteiger partial charge in [0.1, 0.15) is 5.82 Å². The van der Waals surface area contributed by atoms with Gasteiger partial charge in [-0.05, 0) is 60.3 Å². The van der Waals surface area contributed by atoms with Gasteiger partial charge in [-0.3, -0.25) is 9.10 Å². The molecule has 1 amide bonds. The number of hydrogen-bond acceptors (Lipinski definition) is 4. The van der Waals surface area contributed by atoms with Gasteiger partial charge in [-0.15, -0.1) is 11.3 Å². The van der Waals surface area contributed by atoms with Crippen molar-refractivity contribution in [3.8, 4) is 0 Å². The Morgan fingerprint density at radius 1 is 1.10 bits per heavy atom. The van der Waals surface area contributed by atoms with Gasteiger partial charge in [0, 0.05) is 18.3 Å². The molecule has 5 nitrogen and oxygen atoms in total. The van der Waals surface area contributed by atoms with Crippen LogP contribution in [0.3, 0.4) is 0 Å². The molecule has 0 fully saturated rings. The zero-order valence-corrected chi connectivity index (χ0v) is 17.9. The van der Waals surface area contributed by atoms with E-state index in [1.54, 1.807) is 24.3 Å². The van der Waals surface area contributed by atoms with Crippen LogP contribution in [-0.2, 0) is 10.0 Å². The highest BCUT2D eigenvalue weighted by Crippen LogP contribution is 2.31. The highest BCUT2D eigenvalue weighted by atomic mass is 32.2. The van der Waals surface area contributed by atoms with Crippen LogP contribution >= 0.6 is 11.3 Å². The van der Waals surface area contributed by atoms with Crippen LogP contribution in [0.4, 0.5) is 10.1 Å². The molecule has 0 aliphatic heterocycles. The molecule has 0 saturated carbocycles. The summed E-state index contributed by atoms with van der Waals surface area (Å²) in [7, 11) is -2.36. The molecule has 29 heavy (non-hydrogen) atoms. The molecular formula is C21H23FN2O3S2. The van der Waals surface area contributed by atoms with E-state index in [1.807, 2.05) is 0 Å². The van der Waals surface area contributed by atoms with Crippen molar-refractivity contribution in [2.75, 3.05) is 17.9 Å². The second kappa shape index (κ2) is 8.92. The minimum Gasteiger partial charge on any atom is -0.351 e. The van der Waals surface area contributed by atoms with Gasteiger partial charge in [-0.25, -0.2) is 12.8 Å². The molecule has 1 N–H and O–H groups in total. The van der Waals surface area contributed by atoms with Crippen molar-refractivity contribution in [2.24, 2.45) is 0 Å². The third-order valence-electron chi connectivity index (χ3n) is 4.63. The van der Waals surface area contributed by atoms with Crippen molar-refractivity contribution in [2.45, 2.75) is 31.1 Å². The van der Waals surface area contributed by atoms with E-state index in [0.717, 1.165) is 45.8 Å². The van der Waals surface area contributed by atoms with E-state index in [0.29, 0.717) is 17.1 Å². The molecule has 3 rings (SSSR count). The van der Waals surface area contributed by atoms with Crippen molar-refractivity contribution in [3.63, 3.8) is 0 Å². The Labute approximate surface area is 174 Å². The van der Waals surface area contributed by atoms with Crippen LogP contribution in [0.2, 0.25) is 0 Å². The van der Waals surface area contributed by atoms with E-state index in [1.165, 1.54) is 30.5 Å². The molecular weight excluding hydrogens is 411 g/mol. The number of nitrogens with one attached hydrogen (secondary N) is 1. The average molecular weight is 435 g/mol. The number of carbonyl (C=O) groups excluding carboxylic acids is 1. The van der Waals surface area contributed by atoms with E-state index < -0.39 is 15.8 Å². The van der Waals surface area contributed by atoms with Crippen molar-refractivity contribution >= 4 is 43.0 Å². The van der Waals surface area contributed by atoms with Crippen LogP contribution in [-0.4, -0.2) is 27.9 Å². The first-order valence-corrected chi connectivity index (χ1v) is 11.6. The van der Waals surface area contributed by atoms with Crippen LogP contribution in [0.25, 0.3) is 10.1 Å². The largest absolute Gasteiger partial charge is 0.351 e. The van der Waals surface area contributed by atoms with Crippen molar-refractivity contribution < 1.29 is 17.6 Å².